The molecule has 0 radical (unpaired) electrons. The monoisotopic (exact) mass is 361 g/mol. The third-order valence-corrected chi connectivity index (χ3v) is 4.73. The SMILES string of the molecule is Nc1cc(C(=O)c2cn[nH]c2)ccc1NC(=O)N1CCc2ccccc2C1. The number of fused-ring (bicyclic) bond motifs is 1. The molecule has 3 aromatic rings. The number of H-pyrrole nitrogens is 1. The number of amides is 2. The topological polar surface area (TPSA) is 104 Å². The number of nitrogen functional groups attached to an aromatic ring is 1. The molecule has 2 amide bonds. The lowest BCUT2D eigenvalue weighted by Gasteiger charge is -2.29. The Labute approximate surface area is 156 Å². The third-order valence-electron chi connectivity index (χ3n) is 4.73. The van der Waals surface area contributed by atoms with Gasteiger partial charge in [-0.2, -0.15) is 5.10 Å². The Bertz CT molecular complexity index is 997. The first kappa shape index (κ1) is 16.8. The van der Waals surface area contributed by atoms with Gasteiger partial charge in [-0.05, 0) is 35.7 Å². The lowest BCUT2D eigenvalue weighted by atomic mass is 10.0. The third kappa shape index (κ3) is 3.39. The fourth-order valence-corrected chi connectivity index (χ4v) is 3.22. The van der Waals surface area contributed by atoms with Crippen LogP contribution in [-0.2, 0) is 13.0 Å². The van der Waals surface area contributed by atoms with E-state index in [2.05, 4.69) is 21.6 Å². The summed E-state index contributed by atoms with van der Waals surface area (Å²) in [4.78, 5) is 26.7. The number of urea groups is 1. The lowest BCUT2D eigenvalue weighted by Crippen LogP contribution is -2.39. The highest BCUT2D eigenvalue weighted by Crippen LogP contribution is 2.24. The second-order valence-corrected chi connectivity index (χ2v) is 6.49. The number of hydrogen-bond acceptors (Lipinski definition) is 4. The summed E-state index contributed by atoms with van der Waals surface area (Å²) in [5.74, 6) is -0.180. The molecule has 136 valence electrons. The van der Waals surface area contributed by atoms with E-state index in [1.165, 1.54) is 18.0 Å². The van der Waals surface area contributed by atoms with Gasteiger partial charge < -0.3 is 16.0 Å². The summed E-state index contributed by atoms with van der Waals surface area (Å²) in [6.45, 7) is 1.22. The Morgan fingerprint density at radius 1 is 1.11 bits per heavy atom. The number of carbonyl (C=O) groups excluding carboxylic acids is 2. The van der Waals surface area contributed by atoms with Gasteiger partial charge >= 0.3 is 6.03 Å². The van der Waals surface area contributed by atoms with E-state index in [4.69, 9.17) is 5.73 Å². The van der Waals surface area contributed by atoms with Gasteiger partial charge in [0.15, 0.2) is 5.78 Å². The van der Waals surface area contributed by atoms with Crippen molar-refractivity contribution in [3.8, 4) is 0 Å². The van der Waals surface area contributed by atoms with E-state index in [0.717, 1.165) is 12.0 Å². The first-order chi connectivity index (χ1) is 13.1. The Morgan fingerprint density at radius 3 is 2.67 bits per heavy atom. The van der Waals surface area contributed by atoms with Crippen molar-refractivity contribution in [2.75, 3.05) is 17.6 Å². The molecule has 7 nitrogen and oxygen atoms in total. The zero-order chi connectivity index (χ0) is 18.8. The Kier molecular flexibility index (Phi) is 4.33. The normalized spacial score (nSPS) is 13.1. The van der Waals surface area contributed by atoms with Crippen LogP contribution >= 0.6 is 0 Å². The largest absolute Gasteiger partial charge is 0.397 e. The summed E-state index contributed by atoms with van der Waals surface area (Å²) < 4.78 is 0. The molecule has 4 rings (SSSR count). The van der Waals surface area contributed by atoms with Gasteiger partial charge in [0.2, 0.25) is 0 Å². The number of aromatic nitrogens is 2. The summed E-state index contributed by atoms with van der Waals surface area (Å²) in [6.07, 6.45) is 3.82. The molecule has 1 aromatic heterocycles. The molecule has 7 heteroatoms. The second kappa shape index (κ2) is 6.95. The van der Waals surface area contributed by atoms with Crippen molar-refractivity contribution in [1.82, 2.24) is 15.1 Å². The van der Waals surface area contributed by atoms with Crippen LogP contribution in [0.5, 0.6) is 0 Å². The maximum absolute atomic E-state index is 12.6. The number of ketones is 1. The van der Waals surface area contributed by atoms with E-state index < -0.39 is 0 Å². The number of nitrogens with two attached hydrogens (primary N) is 1. The smallest absolute Gasteiger partial charge is 0.322 e. The first-order valence-corrected chi connectivity index (χ1v) is 8.67. The van der Waals surface area contributed by atoms with Crippen molar-refractivity contribution in [3.05, 3.63) is 77.1 Å². The maximum atomic E-state index is 12.6. The van der Waals surface area contributed by atoms with E-state index in [0.29, 0.717) is 35.6 Å². The number of nitrogens with one attached hydrogen (secondary N) is 2. The Morgan fingerprint density at radius 2 is 1.93 bits per heavy atom. The molecule has 0 bridgehead atoms. The van der Waals surface area contributed by atoms with Crippen molar-refractivity contribution in [1.29, 1.82) is 0 Å². The molecule has 0 atom stereocenters. The quantitative estimate of drug-likeness (QED) is 0.493. The van der Waals surface area contributed by atoms with Crippen molar-refractivity contribution in [2.24, 2.45) is 0 Å². The molecular formula is C20H19N5O2. The predicted molar refractivity (Wildman–Crippen MR) is 102 cm³/mol. The van der Waals surface area contributed by atoms with Crippen molar-refractivity contribution in [2.45, 2.75) is 13.0 Å². The Balaban J connectivity index is 1.47. The minimum absolute atomic E-state index is 0.180. The molecule has 0 saturated carbocycles. The summed E-state index contributed by atoms with van der Waals surface area (Å²) in [5.41, 5.74) is 10.2. The predicted octanol–water partition coefficient (Wildman–Crippen LogP) is 2.81. The van der Waals surface area contributed by atoms with Gasteiger partial charge in [0.25, 0.3) is 0 Å². The molecular weight excluding hydrogens is 342 g/mol. The van der Waals surface area contributed by atoms with E-state index in [9.17, 15) is 9.59 Å². The van der Waals surface area contributed by atoms with Crippen LogP contribution in [0.25, 0.3) is 0 Å². The van der Waals surface area contributed by atoms with Crippen LogP contribution in [0.3, 0.4) is 0 Å². The van der Waals surface area contributed by atoms with Crippen LogP contribution in [0.4, 0.5) is 16.2 Å². The number of aromatic amines is 1. The minimum Gasteiger partial charge on any atom is -0.397 e. The standard InChI is InChI=1S/C20H19N5O2/c21-17-9-14(19(26)16-10-22-23-11-16)5-6-18(17)24-20(27)25-8-7-13-3-1-2-4-15(13)12-25/h1-6,9-11H,7-8,12,21H2,(H,22,23)(H,24,27). The molecule has 27 heavy (non-hydrogen) atoms. The summed E-state index contributed by atoms with van der Waals surface area (Å²) in [6, 6.07) is 12.8. The van der Waals surface area contributed by atoms with Gasteiger partial charge in [0.1, 0.15) is 0 Å². The van der Waals surface area contributed by atoms with Crippen molar-refractivity contribution in [3.63, 3.8) is 0 Å². The molecule has 0 aliphatic carbocycles. The highest BCUT2D eigenvalue weighted by atomic mass is 16.2. The average molecular weight is 361 g/mol. The van der Waals surface area contributed by atoms with Gasteiger partial charge in [0, 0.05) is 24.8 Å². The minimum atomic E-state index is -0.204. The molecule has 1 aliphatic heterocycles. The summed E-state index contributed by atoms with van der Waals surface area (Å²) in [5, 5.41) is 9.23. The van der Waals surface area contributed by atoms with Crippen LogP contribution in [0.2, 0.25) is 0 Å². The van der Waals surface area contributed by atoms with Gasteiger partial charge in [-0.1, -0.05) is 24.3 Å². The molecule has 2 aromatic carbocycles. The number of benzene rings is 2. The molecule has 4 N–H and O–H groups in total. The molecule has 2 heterocycles. The second-order valence-electron chi connectivity index (χ2n) is 6.49. The molecule has 0 unspecified atom stereocenters. The number of carbonyl (C=O) groups is 2. The van der Waals surface area contributed by atoms with Crippen LogP contribution < -0.4 is 11.1 Å². The average Bonchev–Trinajstić information content (AvgIpc) is 3.23. The number of hydrogen-bond donors (Lipinski definition) is 3. The molecule has 1 aliphatic rings. The lowest BCUT2D eigenvalue weighted by molar-refractivity contribution is 0.103. The van der Waals surface area contributed by atoms with Crippen LogP contribution in [0, 0.1) is 0 Å². The highest BCUT2D eigenvalue weighted by molar-refractivity contribution is 6.09. The Hall–Kier alpha value is -3.61. The number of anilines is 2. The van der Waals surface area contributed by atoms with Gasteiger partial charge in [-0.3, -0.25) is 9.89 Å². The van der Waals surface area contributed by atoms with Gasteiger partial charge in [-0.15, -0.1) is 0 Å². The van der Waals surface area contributed by atoms with E-state index in [1.54, 1.807) is 23.1 Å². The number of nitrogens with zero attached hydrogens (tertiary/aromatic N) is 2. The zero-order valence-electron chi connectivity index (χ0n) is 14.6. The summed E-state index contributed by atoms with van der Waals surface area (Å²) in [7, 11) is 0. The van der Waals surface area contributed by atoms with Crippen LogP contribution in [0.1, 0.15) is 27.0 Å². The summed E-state index contributed by atoms with van der Waals surface area (Å²) >= 11 is 0. The van der Waals surface area contributed by atoms with E-state index >= 15 is 0 Å². The molecule has 0 spiro atoms. The molecule has 0 saturated heterocycles. The van der Waals surface area contributed by atoms with E-state index in [1.807, 2.05) is 18.2 Å². The maximum Gasteiger partial charge on any atom is 0.322 e. The zero-order valence-corrected chi connectivity index (χ0v) is 14.6. The fraction of sp³-hybridized carbons (Fsp3) is 0.150. The van der Waals surface area contributed by atoms with Gasteiger partial charge in [0.05, 0.1) is 23.1 Å². The van der Waals surface area contributed by atoms with Crippen molar-refractivity contribution < 1.29 is 9.59 Å². The fourth-order valence-electron chi connectivity index (χ4n) is 3.22. The highest BCUT2D eigenvalue weighted by Gasteiger charge is 2.21. The van der Waals surface area contributed by atoms with Gasteiger partial charge in [-0.25, -0.2) is 4.79 Å². The molecule has 0 fully saturated rings. The van der Waals surface area contributed by atoms with Crippen molar-refractivity contribution >= 4 is 23.2 Å². The first-order valence-electron chi connectivity index (χ1n) is 8.67. The van der Waals surface area contributed by atoms with Crippen LogP contribution in [-0.4, -0.2) is 33.5 Å². The van der Waals surface area contributed by atoms with E-state index in [-0.39, 0.29) is 11.8 Å². The number of rotatable bonds is 3. The van der Waals surface area contributed by atoms with Crippen LogP contribution in [0.15, 0.2) is 54.9 Å².